The van der Waals surface area contributed by atoms with E-state index in [1.165, 1.54) is 6.07 Å². The summed E-state index contributed by atoms with van der Waals surface area (Å²) in [6.07, 6.45) is 1.12. The fraction of sp³-hybridized carbons (Fsp3) is 0.538. The molecule has 1 unspecified atom stereocenters. The van der Waals surface area contributed by atoms with E-state index in [0.717, 1.165) is 12.8 Å². The van der Waals surface area contributed by atoms with Gasteiger partial charge < -0.3 is 9.84 Å². The Labute approximate surface area is 95.1 Å². The van der Waals surface area contributed by atoms with Crippen molar-refractivity contribution in [1.82, 2.24) is 0 Å². The van der Waals surface area contributed by atoms with Crippen molar-refractivity contribution in [3.63, 3.8) is 0 Å². The van der Waals surface area contributed by atoms with Gasteiger partial charge in [0.25, 0.3) is 0 Å². The van der Waals surface area contributed by atoms with Gasteiger partial charge in [0.1, 0.15) is 5.82 Å². The summed E-state index contributed by atoms with van der Waals surface area (Å²) < 4.78 is 18.6. The minimum absolute atomic E-state index is 0.191. The van der Waals surface area contributed by atoms with E-state index in [1.54, 1.807) is 19.1 Å². The maximum absolute atomic E-state index is 13.4. The lowest BCUT2D eigenvalue weighted by atomic mass is 9.89. The molecule has 1 aromatic carbocycles. The number of halogens is 1. The number of aryl methyl sites for hydroxylation is 1. The molecule has 1 heterocycles. The molecule has 1 aromatic rings. The molecular formula is C13H17FO2. The summed E-state index contributed by atoms with van der Waals surface area (Å²) in [6, 6.07) is 4.96. The van der Waals surface area contributed by atoms with Crippen LogP contribution in [0.3, 0.4) is 0 Å². The van der Waals surface area contributed by atoms with Crippen LogP contribution in [-0.4, -0.2) is 18.3 Å². The Balaban J connectivity index is 2.12. The smallest absolute Gasteiger partial charge is 0.126 e. The summed E-state index contributed by atoms with van der Waals surface area (Å²) in [6.45, 7) is 3.10. The maximum atomic E-state index is 13.4. The van der Waals surface area contributed by atoms with E-state index in [2.05, 4.69) is 0 Å². The number of hydrogen-bond acceptors (Lipinski definition) is 2. The second kappa shape index (κ2) is 4.93. The van der Waals surface area contributed by atoms with E-state index < -0.39 is 6.10 Å². The predicted octanol–water partition coefficient (Wildman–Crippen LogP) is 2.59. The predicted molar refractivity (Wildman–Crippen MR) is 59.6 cm³/mol. The SMILES string of the molecule is Cc1ccc(C(O)C2CCOCC2)cc1F. The van der Waals surface area contributed by atoms with Crippen molar-refractivity contribution in [3.05, 3.63) is 35.1 Å². The van der Waals surface area contributed by atoms with Gasteiger partial charge >= 0.3 is 0 Å². The minimum Gasteiger partial charge on any atom is -0.388 e. The number of aliphatic hydroxyl groups is 1. The van der Waals surface area contributed by atoms with Gasteiger partial charge in [-0.25, -0.2) is 4.39 Å². The Morgan fingerprint density at radius 1 is 1.38 bits per heavy atom. The Kier molecular flexibility index (Phi) is 3.56. The second-order valence-electron chi connectivity index (χ2n) is 4.40. The molecule has 1 N–H and O–H groups in total. The van der Waals surface area contributed by atoms with Gasteiger partial charge in [0.2, 0.25) is 0 Å². The summed E-state index contributed by atoms with van der Waals surface area (Å²) in [4.78, 5) is 0. The van der Waals surface area contributed by atoms with Gasteiger partial charge in [0.05, 0.1) is 6.10 Å². The molecule has 0 aliphatic carbocycles. The van der Waals surface area contributed by atoms with Crippen molar-refractivity contribution < 1.29 is 14.2 Å². The average Bonchev–Trinajstić information content (AvgIpc) is 2.33. The third kappa shape index (κ3) is 2.42. The van der Waals surface area contributed by atoms with Crippen LogP contribution < -0.4 is 0 Å². The first-order valence-corrected chi connectivity index (χ1v) is 5.70. The molecule has 0 spiro atoms. The van der Waals surface area contributed by atoms with E-state index in [9.17, 15) is 9.50 Å². The molecule has 1 aliphatic heterocycles. The summed E-state index contributed by atoms with van der Waals surface area (Å²) in [7, 11) is 0. The fourth-order valence-corrected chi connectivity index (χ4v) is 2.10. The zero-order chi connectivity index (χ0) is 11.5. The molecule has 0 bridgehead atoms. The molecule has 1 atom stereocenters. The van der Waals surface area contributed by atoms with Crippen molar-refractivity contribution in [3.8, 4) is 0 Å². The topological polar surface area (TPSA) is 29.5 Å². The van der Waals surface area contributed by atoms with Crippen molar-refractivity contribution in [1.29, 1.82) is 0 Å². The zero-order valence-electron chi connectivity index (χ0n) is 9.45. The molecule has 1 fully saturated rings. The van der Waals surface area contributed by atoms with Gasteiger partial charge in [-0.3, -0.25) is 0 Å². The van der Waals surface area contributed by atoms with Crippen molar-refractivity contribution >= 4 is 0 Å². The van der Waals surface area contributed by atoms with Gasteiger partial charge in [-0.2, -0.15) is 0 Å². The monoisotopic (exact) mass is 224 g/mol. The molecule has 0 radical (unpaired) electrons. The molecule has 0 aromatic heterocycles. The Hall–Kier alpha value is -0.930. The number of aliphatic hydroxyl groups excluding tert-OH is 1. The van der Waals surface area contributed by atoms with Gasteiger partial charge in [-0.1, -0.05) is 12.1 Å². The lowest BCUT2D eigenvalue weighted by Gasteiger charge is -2.27. The van der Waals surface area contributed by atoms with Crippen LogP contribution in [-0.2, 0) is 4.74 Å². The highest BCUT2D eigenvalue weighted by atomic mass is 19.1. The first-order chi connectivity index (χ1) is 7.68. The quantitative estimate of drug-likeness (QED) is 0.836. The Morgan fingerprint density at radius 2 is 2.06 bits per heavy atom. The highest BCUT2D eigenvalue weighted by Crippen LogP contribution is 2.30. The molecule has 0 saturated carbocycles. The number of hydrogen-bond donors (Lipinski definition) is 1. The highest BCUT2D eigenvalue weighted by Gasteiger charge is 2.23. The molecule has 2 rings (SSSR count). The van der Waals surface area contributed by atoms with E-state index in [-0.39, 0.29) is 11.7 Å². The summed E-state index contributed by atoms with van der Waals surface area (Å²) in [5.41, 5.74) is 1.29. The molecule has 1 saturated heterocycles. The van der Waals surface area contributed by atoms with Crippen molar-refractivity contribution in [2.24, 2.45) is 5.92 Å². The first kappa shape index (κ1) is 11.6. The van der Waals surface area contributed by atoms with Crippen LogP contribution in [0.2, 0.25) is 0 Å². The van der Waals surface area contributed by atoms with Crippen molar-refractivity contribution in [2.45, 2.75) is 25.9 Å². The van der Waals surface area contributed by atoms with Crippen LogP contribution in [0.5, 0.6) is 0 Å². The molecule has 16 heavy (non-hydrogen) atoms. The van der Waals surface area contributed by atoms with Crippen molar-refractivity contribution in [2.75, 3.05) is 13.2 Å². The molecule has 2 nitrogen and oxygen atoms in total. The van der Waals surface area contributed by atoms with E-state index in [4.69, 9.17) is 4.74 Å². The molecule has 1 aliphatic rings. The van der Waals surface area contributed by atoms with Gasteiger partial charge in [0, 0.05) is 13.2 Å². The second-order valence-corrected chi connectivity index (χ2v) is 4.40. The third-order valence-corrected chi connectivity index (χ3v) is 3.25. The van der Waals surface area contributed by atoms with Gasteiger partial charge in [0.15, 0.2) is 0 Å². The van der Waals surface area contributed by atoms with Crippen LogP contribution >= 0.6 is 0 Å². The molecule has 0 amide bonds. The largest absolute Gasteiger partial charge is 0.388 e. The number of benzene rings is 1. The van der Waals surface area contributed by atoms with Crippen LogP contribution in [0.25, 0.3) is 0 Å². The first-order valence-electron chi connectivity index (χ1n) is 5.70. The van der Waals surface area contributed by atoms with Crippen LogP contribution in [0.4, 0.5) is 4.39 Å². The minimum atomic E-state index is -0.570. The normalized spacial score (nSPS) is 19.7. The standard InChI is InChI=1S/C13H17FO2/c1-9-2-3-11(8-12(9)14)13(15)10-4-6-16-7-5-10/h2-3,8,10,13,15H,4-7H2,1H3. The van der Waals surface area contributed by atoms with E-state index in [0.29, 0.717) is 24.3 Å². The molecule has 88 valence electrons. The summed E-state index contributed by atoms with van der Waals surface area (Å²) >= 11 is 0. The third-order valence-electron chi connectivity index (χ3n) is 3.25. The van der Waals surface area contributed by atoms with Gasteiger partial charge in [-0.05, 0) is 42.9 Å². The van der Waals surface area contributed by atoms with Gasteiger partial charge in [-0.15, -0.1) is 0 Å². The van der Waals surface area contributed by atoms with E-state index >= 15 is 0 Å². The van der Waals surface area contributed by atoms with E-state index in [1.807, 2.05) is 0 Å². The zero-order valence-corrected chi connectivity index (χ0v) is 9.45. The number of rotatable bonds is 2. The lowest BCUT2D eigenvalue weighted by molar-refractivity contribution is 0.00708. The summed E-state index contributed by atoms with van der Waals surface area (Å²) in [5.74, 6) is -0.0561. The van der Waals surface area contributed by atoms with Crippen LogP contribution in [0.15, 0.2) is 18.2 Å². The molecular weight excluding hydrogens is 207 g/mol. The number of ether oxygens (including phenoxy) is 1. The fourth-order valence-electron chi connectivity index (χ4n) is 2.10. The van der Waals surface area contributed by atoms with Crippen LogP contribution in [0.1, 0.15) is 30.1 Å². The average molecular weight is 224 g/mol. The highest BCUT2D eigenvalue weighted by molar-refractivity contribution is 5.25. The maximum Gasteiger partial charge on any atom is 0.126 e. The summed E-state index contributed by atoms with van der Waals surface area (Å²) in [5, 5.41) is 10.1. The lowest BCUT2D eigenvalue weighted by Crippen LogP contribution is -2.22. The van der Waals surface area contributed by atoms with Crippen LogP contribution in [0, 0.1) is 18.7 Å². The Morgan fingerprint density at radius 3 is 2.69 bits per heavy atom. The molecule has 3 heteroatoms. The Bertz CT molecular complexity index is 359.